The van der Waals surface area contributed by atoms with Crippen molar-refractivity contribution in [3.63, 3.8) is 0 Å². The van der Waals surface area contributed by atoms with Gasteiger partial charge in [-0.15, -0.1) is 11.3 Å². The maximum Gasteiger partial charge on any atom is 0.194 e. The maximum atomic E-state index is 11.3. The van der Waals surface area contributed by atoms with Gasteiger partial charge in [0.2, 0.25) is 0 Å². The summed E-state index contributed by atoms with van der Waals surface area (Å²) >= 11 is 1.62. The predicted molar refractivity (Wildman–Crippen MR) is 93.6 cm³/mol. The molecule has 0 aliphatic rings. The molecule has 0 saturated heterocycles. The van der Waals surface area contributed by atoms with Crippen molar-refractivity contribution in [2.24, 2.45) is 0 Å². The summed E-state index contributed by atoms with van der Waals surface area (Å²) in [5.74, 6) is 0.808. The fourth-order valence-electron chi connectivity index (χ4n) is 2.46. The third-order valence-corrected chi connectivity index (χ3v) is 4.71. The molecule has 23 heavy (non-hydrogen) atoms. The summed E-state index contributed by atoms with van der Waals surface area (Å²) in [6.45, 7) is 8.39. The van der Waals surface area contributed by atoms with Crippen molar-refractivity contribution in [3.05, 3.63) is 53.2 Å². The van der Waals surface area contributed by atoms with E-state index in [2.05, 4.69) is 18.5 Å². The van der Waals surface area contributed by atoms with Crippen LogP contribution in [-0.4, -0.2) is 22.3 Å². The van der Waals surface area contributed by atoms with Gasteiger partial charge >= 0.3 is 0 Å². The first-order chi connectivity index (χ1) is 11.1. The smallest absolute Gasteiger partial charge is 0.194 e. The Labute approximate surface area is 139 Å². The molecule has 0 saturated carbocycles. The molecule has 4 nitrogen and oxygen atoms in total. The van der Waals surface area contributed by atoms with Gasteiger partial charge in [0.1, 0.15) is 18.1 Å². The summed E-state index contributed by atoms with van der Waals surface area (Å²) in [4.78, 5) is 17.7. The third kappa shape index (κ3) is 2.92. The van der Waals surface area contributed by atoms with Crippen LogP contribution in [0.25, 0.3) is 16.2 Å². The Morgan fingerprint density at radius 3 is 2.74 bits per heavy atom. The van der Waals surface area contributed by atoms with E-state index < -0.39 is 0 Å². The summed E-state index contributed by atoms with van der Waals surface area (Å²) in [5, 5.41) is 0. The number of rotatable bonds is 6. The summed E-state index contributed by atoms with van der Waals surface area (Å²) in [7, 11) is 0. The van der Waals surface area contributed by atoms with Gasteiger partial charge in [0.25, 0.3) is 0 Å². The van der Waals surface area contributed by atoms with Gasteiger partial charge in [0.15, 0.2) is 11.2 Å². The Kier molecular flexibility index (Phi) is 4.30. The SMILES string of the molecule is C=C(C)COc1ccc(-c2c(CC)sc3ncc(C=O)n23)cc1. The van der Waals surface area contributed by atoms with E-state index in [0.717, 1.165) is 40.2 Å². The van der Waals surface area contributed by atoms with E-state index in [1.165, 1.54) is 4.88 Å². The highest BCUT2D eigenvalue weighted by atomic mass is 32.1. The zero-order chi connectivity index (χ0) is 16.4. The van der Waals surface area contributed by atoms with Crippen LogP contribution in [0.1, 0.15) is 29.2 Å². The maximum absolute atomic E-state index is 11.3. The lowest BCUT2D eigenvalue weighted by molar-refractivity contribution is 0.111. The molecule has 1 aromatic carbocycles. The highest BCUT2D eigenvalue weighted by Crippen LogP contribution is 2.33. The number of imidazole rings is 1. The van der Waals surface area contributed by atoms with Crippen LogP contribution in [0.3, 0.4) is 0 Å². The number of benzene rings is 1. The molecular weight excluding hydrogens is 308 g/mol. The number of hydrogen-bond acceptors (Lipinski definition) is 4. The van der Waals surface area contributed by atoms with E-state index in [1.807, 2.05) is 35.6 Å². The monoisotopic (exact) mass is 326 g/mol. The molecule has 3 rings (SSSR count). The molecule has 0 bridgehead atoms. The molecule has 0 unspecified atom stereocenters. The van der Waals surface area contributed by atoms with E-state index in [9.17, 15) is 4.79 Å². The minimum Gasteiger partial charge on any atom is -0.489 e. The van der Waals surface area contributed by atoms with Gasteiger partial charge in [-0.25, -0.2) is 4.98 Å². The molecule has 0 aliphatic carbocycles. The van der Waals surface area contributed by atoms with Gasteiger partial charge in [0, 0.05) is 4.88 Å². The van der Waals surface area contributed by atoms with Gasteiger partial charge in [-0.3, -0.25) is 9.20 Å². The fraction of sp³-hybridized carbons (Fsp3) is 0.222. The standard InChI is InChI=1S/C18H18N2O2S/c1-4-16-17(20-14(10-21)9-19-18(20)23-16)13-5-7-15(8-6-13)22-11-12(2)3/h5-10H,2,4,11H2,1,3H3. The number of thiazole rings is 1. The second-order valence-corrected chi connectivity index (χ2v) is 6.48. The van der Waals surface area contributed by atoms with E-state index in [-0.39, 0.29) is 0 Å². The van der Waals surface area contributed by atoms with Crippen molar-refractivity contribution in [1.29, 1.82) is 0 Å². The first-order valence-electron chi connectivity index (χ1n) is 7.46. The highest BCUT2D eigenvalue weighted by Gasteiger charge is 2.16. The zero-order valence-electron chi connectivity index (χ0n) is 13.2. The van der Waals surface area contributed by atoms with E-state index in [0.29, 0.717) is 12.3 Å². The Hall–Kier alpha value is -2.40. The number of aryl methyl sites for hydroxylation is 1. The van der Waals surface area contributed by atoms with Crippen LogP contribution in [0.2, 0.25) is 0 Å². The average Bonchev–Trinajstić information content (AvgIpc) is 3.11. The largest absolute Gasteiger partial charge is 0.489 e. The van der Waals surface area contributed by atoms with Crippen molar-refractivity contribution in [1.82, 2.24) is 9.38 Å². The minimum atomic E-state index is 0.513. The summed E-state index contributed by atoms with van der Waals surface area (Å²) < 4.78 is 7.57. The quantitative estimate of drug-likeness (QED) is 0.498. The predicted octanol–water partition coefficient (Wildman–Crippen LogP) is 4.39. The normalized spacial score (nSPS) is 10.9. The van der Waals surface area contributed by atoms with E-state index >= 15 is 0 Å². The second-order valence-electron chi connectivity index (χ2n) is 5.42. The second kappa shape index (κ2) is 6.38. The van der Waals surface area contributed by atoms with Crippen LogP contribution in [0.4, 0.5) is 0 Å². The lowest BCUT2D eigenvalue weighted by Gasteiger charge is -2.08. The summed E-state index contributed by atoms with van der Waals surface area (Å²) in [6.07, 6.45) is 3.36. The van der Waals surface area contributed by atoms with Gasteiger partial charge in [-0.1, -0.05) is 13.5 Å². The molecule has 0 radical (unpaired) electrons. The van der Waals surface area contributed by atoms with Crippen LogP contribution in [0.15, 0.2) is 42.6 Å². The number of carbonyl (C=O) groups is 1. The van der Waals surface area contributed by atoms with Crippen molar-refractivity contribution in [3.8, 4) is 17.0 Å². The first kappa shape index (κ1) is 15.5. The number of nitrogens with zero attached hydrogens (tertiary/aromatic N) is 2. The van der Waals surface area contributed by atoms with Crippen molar-refractivity contribution >= 4 is 22.6 Å². The lowest BCUT2D eigenvalue weighted by Crippen LogP contribution is -1.98. The van der Waals surface area contributed by atoms with Gasteiger partial charge < -0.3 is 4.74 Å². The molecule has 3 aromatic rings. The molecule has 0 spiro atoms. The Morgan fingerprint density at radius 1 is 1.39 bits per heavy atom. The van der Waals surface area contributed by atoms with Gasteiger partial charge in [-0.05, 0) is 48.7 Å². The Balaban J connectivity index is 2.03. The number of hydrogen-bond donors (Lipinski definition) is 0. The molecule has 0 fully saturated rings. The number of aromatic nitrogens is 2. The molecule has 2 heterocycles. The fourth-order valence-corrected chi connectivity index (χ4v) is 3.52. The summed E-state index contributed by atoms with van der Waals surface area (Å²) in [6, 6.07) is 7.92. The molecule has 5 heteroatoms. The molecule has 0 N–H and O–H groups in total. The van der Waals surface area contributed by atoms with Crippen molar-refractivity contribution in [2.75, 3.05) is 6.61 Å². The lowest BCUT2D eigenvalue weighted by atomic mass is 10.1. The highest BCUT2D eigenvalue weighted by molar-refractivity contribution is 7.17. The zero-order valence-corrected chi connectivity index (χ0v) is 14.0. The molecule has 0 aliphatic heterocycles. The molecule has 2 aromatic heterocycles. The van der Waals surface area contributed by atoms with Crippen molar-refractivity contribution < 1.29 is 9.53 Å². The Morgan fingerprint density at radius 2 is 2.13 bits per heavy atom. The minimum absolute atomic E-state index is 0.513. The number of fused-ring (bicyclic) bond motifs is 1. The van der Waals surface area contributed by atoms with Gasteiger partial charge in [0.05, 0.1) is 11.9 Å². The topological polar surface area (TPSA) is 43.6 Å². The number of carbonyl (C=O) groups excluding carboxylic acids is 1. The van der Waals surface area contributed by atoms with Crippen LogP contribution in [0, 0.1) is 0 Å². The number of ether oxygens (including phenoxy) is 1. The van der Waals surface area contributed by atoms with Crippen LogP contribution >= 0.6 is 11.3 Å². The number of aldehydes is 1. The molecular formula is C18H18N2O2S. The van der Waals surface area contributed by atoms with Crippen LogP contribution in [0.5, 0.6) is 5.75 Å². The van der Waals surface area contributed by atoms with Crippen molar-refractivity contribution in [2.45, 2.75) is 20.3 Å². The van der Waals surface area contributed by atoms with Crippen LogP contribution in [-0.2, 0) is 6.42 Å². The Bertz CT molecular complexity index is 859. The molecule has 0 amide bonds. The van der Waals surface area contributed by atoms with Gasteiger partial charge in [-0.2, -0.15) is 0 Å². The molecule has 118 valence electrons. The van der Waals surface area contributed by atoms with Crippen LogP contribution < -0.4 is 4.74 Å². The van der Waals surface area contributed by atoms with E-state index in [1.54, 1.807) is 17.5 Å². The summed E-state index contributed by atoms with van der Waals surface area (Å²) in [5.41, 5.74) is 3.65. The van der Waals surface area contributed by atoms with E-state index in [4.69, 9.17) is 4.74 Å². The third-order valence-electron chi connectivity index (χ3n) is 3.51. The molecule has 0 atom stereocenters. The first-order valence-corrected chi connectivity index (χ1v) is 8.27. The average molecular weight is 326 g/mol.